The normalized spacial score (nSPS) is 25.0. The first-order valence-corrected chi connectivity index (χ1v) is 12.1. The van der Waals surface area contributed by atoms with E-state index in [1.807, 2.05) is 11.1 Å². The molecule has 1 aromatic heterocycles. The number of likely N-dealkylation sites (tertiary alicyclic amines) is 2. The van der Waals surface area contributed by atoms with Crippen LogP contribution in [0, 0.1) is 5.92 Å². The molecular formula is C24H36N4O2. The van der Waals surface area contributed by atoms with Crippen LogP contribution >= 0.6 is 0 Å². The SMILES string of the molecule is CC(C)N1CCC(CC(=O)N2CC3(C2)OCc2nc(C4CCCCC4)ncc23)CC1. The molecule has 1 spiro atoms. The summed E-state index contributed by atoms with van der Waals surface area (Å²) in [7, 11) is 0. The molecule has 0 unspecified atom stereocenters. The summed E-state index contributed by atoms with van der Waals surface area (Å²) in [6.07, 6.45) is 11.3. The number of aromatic nitrogens is 2. The highest BCUT2D eigenvalue weighted by molar-refractivity contribution is 5.78. The number of fused-ring (bicyclic) bond motifs is 2. The van der Waals surface area contributed by atoms with Crippen molar-refractivity contribution in [2.24, 2.45) is 5.92 Å². The van der Waals surface area contributed by atoms with Gasteiger partial charge in [0, 0.05) is 30.1 Å². The van der Waals surface area contributed by atoms with E-state index in [9.17, 15) is 4.79 Å². The minimum atomic E-state index is -0.350. The monoisotopic (exact) mass is 412 g/mol. The molecule has 6 heteroatoms. The molecular weight excluding hydrogens is 376 g/mol. The van der Waals surface area contributed by atoms with Gasteiger partial charge in [-0.15, -0.1) is 0 Å². The van der Waals surface area contributed by atoms with Crippen LogP contribution in [-0.2, 0) is 21.7 Å². The Balaban J connectivity index is 1.16. The van der Waals surface area contributed by atoms with Crippen molar-refractivity contribution in [2.75, 3.05) is 26.2 Å². The van der Waals surface area contributed by atoms with Crippen LogP contribution < -0.4 is 0 Å². The average molecular weight is 413 g/mol. The number of nitrogens with zero attached hydrogens (tertiary/aromatic N) is 4. The van der Waals surface area contributed by atoms with E-state index in [2.05, 4.69) is 18.7 Å². The minimum Gasteiger partial charge on any atom is -0.360 e. The molecule has 1 amide bonds. The van der Waals surface area contributed by atoms with E-state index in [1.165, 1.54) is 32.1 Å². The van der Waals surface area contributed by atoms with Crippen LogP contribution in [0.3, 0.4) is 0 Å². The van der Waals surface area contributed by atoms with Gasteiger partial charge in [-0.2, -0.15) is 0 Å². The third kappa shape index (κ3) is 3.77. The van der Waals surface area contributed by atoms with Crippen molar-refractivity contribution in [1.82, 2.24) is 19.8 Å². The van der Waals surface area contributed by atoms with Crippen LogP contribution in [0.25, 0.3) is 0 Å². The largest absolute Gasteiger partial charge is 0.360 e. The summed E-state index contributed by atoms with van der Waals surface area (Å²) in [5.74, 6) is 2.35. The topological polar surface area (TPSA) is 58.6 Å². The average Bonchev–Trinajstić information content (AvgIpc) is 3.13. The van der Waals surface area contributed by atoms with E-state index in [4.69, 9.17) is 14.7 Å². The summed E-state index contributed by atoms with van der Waals surface area (Å²) in [5, 5.41) is 0. The fourth-order valence-electron chi connectivity index (χ4n) is 5.82. The lowest BCUT2D eigenvalue weighted by atomic mass is 9.85. The van der Waals surface area contributed by atoms with Crippen LogP contribution in [0.1, 0.15) is 88.2 Å². The van der Waals surface area contributed by atoms with E-state index >= 15 is 0 Å². The first-order chi connectivity index (χ1) is 14.5. The lowest BCUT2D eigenvalue weighted by Crippen LogP contribution is -2.61. The Morgan fingerprint density at radius 2 is 1.90 bits per heavy atom. The van der Waals surface area contributed by atoms with E-state index in [0.29, 0.717) is 49.9 Å². The zero-order chi connectivity index (χ0) is 20.7. The molecule has 1 aliphatic carbocycles. The highest BCUT2D eigenvalue weighted by Crippen LogP contribution is 2.43. The molecule has 4 aliphatic rings. The number of amides is 1. The molecule has 5 rings (SSSR count). The summed E-state index contributed by atoms with van der Waals surface area (Å²) in [5.41, 5.74) is 1.83. The maximum absolute atomic E-state index is 12.8. The van der Waals surface area contributed by atoms with Crippen LogP contribution in [0.15, 0.2) is 6.20 Å². The van der Waals surface area contributed by atoms with Gasteiger partial charge in [0.05, 0.1) is 25.4 Å². The first-order valence-electron chi connectivity index (χ1n) is 12.1. The van der Waals surface area contributed by atoms with E-state index in [-0.39, 0.29) is 5.60 Å². The number of hydrogen-bond donors (Lipinski definition) is 0. The number of hydrogen-bond acceptors (Lipinski definition) is 5. The molecule has 30 heavy (non-hydrogen) atoms. The maximum Gasteiger partial charge on any atom is 0.223 e. The van der Waals surface area contributed by atoms with Crippen molar-refractivity contribution in [3.63, 3.8) is 0 Å². The minimum absolute atomic E-state index is 0.292. The van der Waals surface area contributed by atoms with Gasteiger partial charge in [0.15, 0.2) is 0 Å². The molecule has 3 fully saturated rings. The van der Waals surface area contributed by atoms with Crippen LogP contribution in [0.2, 0.25) is 0 Å². The van der Waals surface area contributed by atoms with Gasteiger partial charge in [0.2, 0.25) is 5.91 Å². The van der Waals surface area contributed by atoms with Gasteiger partial charge in [-0.05, 0) is 58.5 Å². The molecule has 1 aromatic rings. The van der Waals surface area contributed by atoms with Gasteiger partial charge in [0.25, 0.3) is 0 Å². The highest BCUT2D eigenvalue weighted by atomic mass is 16.5. The Labute approximate surface area is 180 Å². The molecule has 164 valence electrons. The lowest BCUT2D eigenvalue weighted by Gasteiger charge is -2.47. The van der Waals surface area contributed by atoms with Crippen molar-refractivity contribution in [1.29, 1.82) is 0 Å². The molecule has 0 radical (unpaired) electrons. The molecule has 0 aromatic carbocycles. The van der Waals surface area contributed by atoms with Crippen LogP contribution in [-0.4, -0.2) is 57.9 Å². The van der Waals surface area contributed by atoms with Crippen molar-refractivity contribution in [3.8, 4) is 0 Å². The summed E-state index contributed by atoms with van der Waals surface area (Å²) < 4.78 is 6.20. The Kier molecular flexibility index (Phi) is 5.56. The molecule has 0 N–H and O–H groups in total. The molecule has 0 bridgehead atoms. The Morgan fingerprint density at radius 3 is 2.60 bits per heavy atom. The Hall–Kier alpha value is -1.53. The van der Waals surface area contributed by atoms with Gasteiger partial charge in [-0.3, -0.25) is 4.79 Å². The van der Waals surface area contributed by atoms with Gasteiger partial charge in [-0.25, -0.2) is 9.97 Å². The molecule has 0 atom stereocenters. The quantitative estimate of drug-likeness (QED) is 0.756. The van der Waals surface area contributed by atoms with Crippen molar-refractivity contribution < 1.29 is 9.53 Å². The summed E-state index contributed by atoms with van der Waals surface area (Å²) >= 11 is 0. The van der Waals surface area contributed by atoms with E-state index in [1.54, 1.807) is 0 Å². The fourth-order valence-corrected chi connectivity index (χ4v) is 5.82. The van der Waals surface area contributed by atoms with Crippen LogP contribution in [0.4, 0.5) is 0 Å². The number of carbonyl (C=O) groups is 1. The summed E-state index contributed by atoms with van der Waals surface area (Å²) in [4.78, 5) is 27.0. The molecule has 1 saturated carbocycles. The number of ether oxygens (including phenoxy) is 1. The van der Waals surface area contributed by atoms with Gasteiger partial charge < -0.3 is 14.5 Å². The molecule has 6 nitrogen and oxygen atoms in total. The second-order valence-corrected chi connectivity index (χ2v) is 10.2. The van der Waals surface area contributed by atoms with E-state index < -0.39 is 0 Å². The second kappa shape index (κ2) is 8.19. The highest BCUT2D eigenvalue weighted by Gasteiger charge is 2.52. The van der Waals surface area contributed by atoms with Crippen molar-refractivity contribution >= 4 is 5.91 Å². The summed E-state index contributed by atoms with van der Waals surface area (Å²) in [6.45, 7) is 8.64. The third-order valence-electron chi connectivity index (χ3n) is 7.92. The van der Waals surface area contributed by atoms with Crippen LogP contribution in [0.5, 0.6) is 0 Å². The standard InChI is InChI=1S/C24H36N4O2/c1-17(2)27-10-8-18(9-11-27)12-22(29)28-15-24(16-28)20-13-25-23(26-21(20)14-30-24)19-6-4-3-5-7-19/h13,17-19H,3-12,14-16H2,1-2H3. The molecule has 4 heterocycles. The Bertz CT molecular complexity index is 775. The molecule has 3 aliphatic heterocycles. The number of carbonyl (C=O) groups excluding carboxylic acids is 1. The van der Waals surface area contributed by atoms with Crippen molar-refractivity contribution in [2.45, 2.75) is 89.4 Å². The van der Waals surface area contributed by atoms with Gasteiger partial charge in [0.1, 0.15) is 11.4 Å². The van der Waals surface area contributed by atoms with Gasteiger partial charge >= 0.3 is 0 Å². The summed E-state index contributed by atoms with van der Waals surface area (Å²) in [6, 6.07) is 0.609. The lowest BCUT2D eigenvalue weighted by molar-refractivity contribution is -0.169. The predicted molar refractivity (Wildman–Crippen MR) is 115 cm³/mol. The molecule has 2 saturated heterocycles. The van der Waals surface area contributed by atoms with Gasteiger partial charge in [-0.1, -0.05) is 19.3 Å². The number of rotatable bonds is 4. The first kappa shape index (κ1) is 20.4. The third-order valence-corrected chi connectivity index (χ3v) is 7.92. The van der Waals surface area contributed by atoms with Crippen molar-refractivity contribution in [3.05, 3.63) is 23.3 Å². The Morgan fingerprint density at radius 1 is 1.17 bits per heavy atom. The maximum atomic E-state index is 12.8. The smallest absolute Gasteiger partial charge is 0.223 e. The zero-order valence-corrected chi connectivity index (χ0v) is 18.6. The fraction of sp³-hybridized carbons (Fsp3) is 0.792. The van der Waals surface area contributed by atoms with E-state index in [0.717, 1.165) is 43.0 Å². The second-order valence-electron chi connectivity index (χ2n) is 10.2. The zero-order valence-electron chi connectivity index (χ0n) is 18.6. The predicted octanol–water partition coefficient (Wildman–Crippen LogP) is 3.60. The number of piperidine rings is 1.